The minimum Gasteiger partial charge on any atom is -0.425 e. The van der Waals surface area contributed by atoms with Crippen molar-refractivity contribution < 1.29 is 9.15 Å². The van der Waals surface area contributed by atoms with Gasteiger partial charge in [-0.1, -0.05) is 20.8 Å². The minimum atomic E-state index is 0.527. The zero-order valence-electron chi connectivity index (χ0n) is 11.7. The number of aromatic nitrogens is 2. The number of hydrogen-bond acceptors (Lipinski definition) is 5. The van der Waals surface area contributed by atoms with E-state index >= 15 is 0 Å². The molecule has 0 aliphatic heterocycles. The van der Waals surface area contributed by atoms with Crippen LogP contribution in [0.4, 0.5) is 0 Å². The Balaban J connectivity index is 2.13. The third kappa shape index (κ3) is 6.71. The summed E-state index contributed by atoms with van der Waals surface area (Å²) in [5.74, 6) is 1.41. The molecule has 0 amide bonds. The molecule has 0 radical (unpaired) electrons. The van der Waals surface area contributed by atoms with Crippen molar-refractivity contribution >= 4 is 0 Å². The maximum atomic E-state index is 5.54. The van der Waals surface area contributed by atoms with Crippen molar-refractivity contribution in [2.45, 2.75) is 52.5 Å². The molecular weight excluding hydrogens is 230 g/mol. The van der Waals surface area contributed by atoms with Gasteiger partial charge in [-0.2, -0.15) is 0 Å². The van der Waals surface area contributed by atoms with E-state index in [0.29, 0.717) is 25.0 Å². The summed E-state index contributed by atoms with van der Waals surface area (Å²) in [6.45, 7) is 8.81. The molecule has 0 aliphatic carbocycles. The molecule has 0 unspecified atom stereocenters. The topological polar surface area (TPSA) is 60.2 Å². The molecule has 1 aromatic heterocycles. The summed E-state index contributed by atoms with van der Waals surface area (Å²) >= 11 is 0. The van der Waals surface area contributed by atoms with Gasteiger partial charge in [0, 0.05) is 25.5 Å². The molecule has 1 heterocycles. The van der Waals surface area contributed by atoms with E-state index in [0.717, 1.165) is 38.3 Å². The highest BCUT2D eigenvalue weighted by Crippen LogP contribution is 2.03. The first-order valence-corrected chi connectivity index (χ1v) is 6.84. The van der Waals surface area contributed by atoms with Gasteiger partial charge in [0.2, 0.25) is 11.8 Å². The SMILES string of the molecule is CCCOCCc1nnc(CCCNC(C)C)o1. The van der Waals surface area contributed by atoms with E-state index in [1.54, 1.807) is 0 Å². The summed E-state index contributed by atoms with van der Waals surface area (Å²) in [5, 5.41) is 11.4. The van der Waals surface area contributed by atoms with Crippen molar-refractivity contribution in [2.75, 3.05) is 19.8 Å². The molecule has 1 aromatic rings. The highest BCUT2D eigenvalue weighted by molar-refractivity contribution is 4.82. The van der Waals surface area contributed by atoms with Crippen molar-refractivity contribution in [1.29, 1.82) is 0 Å². The largest absolute Gasteiger partial charge is 0.425 e. The Morgan fingerprint density at radius 2 is 1.89 bits per heavy atom. The van der Waals surface area contributed by atoms with Gasteiger partial charge in [0.05, 0.1) is 6.61 Å². The number of ether oxygens (including phenoxy) is 1. The molecule has 1 N–H and O–H groups in total. The van der Waals surface area contributed by atoms with Crippen LogP contribution in [0.2, 0.25) is 0 Å². The first kappa shape index (κ1) is 15.1. The van der Waals surface area contributed by atoms with E-state index in [4.69, 9.17) is 9.15 Å². The van der Waals surface area contributed by atoms with E-state index < -0.39 is 0 Å². The zero-order valence-corrected chi connectivity index (χ0v) is 11.7. The van der Waals surface area contributed by atoms with Gasteiger partial charge in [-0.25, -0.2) is 0 Å². The van der Waals surface area contributed by atoms with E-state index in [1.807, 2.05) is 0 Å². The van der Waals surface area contributed by atoms with Gasteiger partial charge >= 0.3 is 0 Å². The lowest BCUT2D eigenvalue weighted by molar-refractivity contribution is 0.133. The third-order valence-corrected chi connectivity index (χ3v) is 2.44. The standard InChI is InChI=1S/C13H25N3O2/c1-4-9-17-10-7-13-16-15-12(18-13)6-5-8-14-11(2)3/h11,14H,4-10H2,1-3H3. The Morgan fingerprint density at radius 1 is 1.17 bits per heavy atom. The molecule has 0 fully saturated rings. The lowest BCUT2D eigenvalue weighted by Crippen LogP contribution is -2.23. The monoisotopic (exact) mass is 255 g/mol. The molecule has 104 valence electrons. The molecule has 1 rings (SSSR count). The smallest absolute Gasteiger partial charge is 0.218 e. The molecular formula is C13H25N3O2. The molecule has 0 aromatic carbocycles. The van der Waals surface area contributed by atoms with Crippen molar-refractivity contribution in [3.63, 3.8) is 0 Å². The average Bonchev–Trinajstić information content (AvgIpc) is 2.78. The fourth-order valence-electron chi connectivity index (χ4n) is 1.53. The van der Waals surface area contributed by atoms with Crippen LogP contribution in [0.5, 0.6) is 0 Å². The van der Waals surface area contributed by atoms with E-state index in [9.17, 15) is 0 Å². The highest BCUT2D eigenvalue weighted by Gasteiger charge is 2.05. The summed E-state index contributed by atoms with van der Waals surface area (Å²) in [7, 11) is 0. The summed E-state index contributed by atoms with van der Waals surface area (Å²) in [6, 6.07) is 0.527. The van der Waals surface area contributed by atoms with Gasteiger partial charge < -0.3 is 14.5 Å². The van der Waals surface area contributed by atoms with E-state index in [-0.39, 0.29) is 0 Å². The molecule has 0 saturated carbocycles. The lowest BCUT2D eigenvalue weighted by atomic mass is 10.3. The van der Waals surface area contributed by atoms with Gasteiger partial charge in [-0.3, -0.25) is 0 Å². The molecule has 0 bridgehead atoms. The molecule has 0 aliphatic rings. The normalized spacial score (nSPS) is 11.3. The van der Waals surface area contributed by atoms with Gasteiger partial charge in [0.15, 0.2) is 0 Å². The minimum absolute atomic E-state index is 0.527. The maximum Gasteiger partial charge on any atom is 0.218 e. The van der Waals surface area contributed by atoms with Gasteiger partial charge in [-0.15, -0.1) is 10.2 Å². The number of hydrogen-bond donors (Lipinski definition) is 1. The summed E-state index contributed by atoms with van der Waals surface area (Å²) in [5.41, 5.74) is 0. The summed E-state index contributed by atoms with van der Waals surface area (Å²) in [6.07, 6.45) is 3.60. The predicted molar refractivity (Wildman–Crippen MR) is 70.6 cm³/mol. The van der Waals surface area contributed by atoms with Gasteiger partial charge in [0.1, 0.15) is 0 Å². The summed E-state index contributed by atoms with van der Waals surface area (Å²) < 4.78 is 10.9. The molecule has 0 saturated heterocycles. The fourth-order valence-corrected chi connectivity index (χ4v) is 1.53. The van der Waals surface area contributed by atoms with Crippen LogP contribution in [0, 0.1) is 0 Å². The van der Waals surface area contributed by atoms with Crippen molar-refractivity contribution in [3.8, 4) is 0 Å². The molecule has 0 atom stereocenters. The van der Waals surface area contributed by atoms with Crippen LogP contribution >= 0.6 is 0 Å². The second kappa shape index (κ2) is 9.05. The van der Waals surface area contributed by atoms with Crippen LogP contribution in [0.25, 0.3) is 0 Å². The van der Waals surface area contributed by atoms with Crippen LogP contribution in [-0.2, 0) is 17.6 Å². The maximum absolute atomic E-state index is 5.54. The third-order valence-electron chi connectivity index (χ3n) is 2.44. The quantitative estimate of drug-likeness (QED) is 0.648. The van der Waals surface area contributed by atoms with Crippen molar-refractivity contribution in [3.05, 3.63) is 11.8 Å². The molecule has 18 heavy (non-hydrogen) atoms. The molecule has 5 nitrogen and oxygen atoms in total. The average molecular weight is 255 g/mol. The first-order chi connectivity index (χ1) is 8.72. The number of nitrogens with one attached hydrogen (secondary N) is 1. The number of nitrogens with zero attached hydrogens (tertiary/aromatic N) is 2. The number of aryl methyl sites for hydroxylation is 1. The molecule has 0 spiro atoms. The number of rotatable bonds is 10. The summed E-state index contributed by atoms with van der Waals surface area (Å²) in [4.78, 5) is 0. The van der Waals surface area contributed by atoms with Crippen LogP contribution in [0.15, 0.2) is 4.42 Å². The molecule has 5 heteroatoms. The van der Waals surface area contributed by atoms with Crippen molar-refractivity contribution in [2.24, 2.45) is 0 Å². The van der Waals surface area contributed by atoms with E-state index in [2.05, 4.69) is 36.3 Å². The van der Waals surface area contributed by atoms with Gasteiger partial charge in [-0.05, 0) is 19.4 Å². The zero-order chi connectivity index (χ0) is 13.2. The highest BCUT2D eigenvalue weighted by atomic mass is 16.5. The van der Waals surface area contributed by atoms with Crippen LogP contribution in [-0.4, -0.2) is 36.0 Å². The van der Waals surface area contributed by atoms with Gasteiger partial charge in [0.25, 0.3) is 0 Å². The first-order valence-electron chi connectivity index (χ1n) is 6.84. The van der Waals surface area contributed by atoms with Crippen LogP contribution < -0.4 is 5.32 Å². The predicted octanol–water partition coefficient (Wildman–Crippen LogP) is 1.97. The Hall–Kier alpha value is -0.940. The fraction of sp³-hybridized carbons (Fsp3) is 0.846. The Kier molecular flexibility index (Phi) is 7.60. The van der Waals surface area contributed by atoms with Crippen molar-refractivity contribution in [1.82, 2.24) is 15.5 Å². The second-order valence-electron chi connectivity index (χ2n) is 4.66. The van der Waals surface area contributed by atoms with E-state index in [1.165, 1.54) is 0 Å². The van der Waals surface area contributed by atoms with Crippen LogP contribution in [0.1, 0.15) is 45.4 Å². The van der Waals surface area contributed by atoms with Crippen LogP contribution in [0.3, 0.4) is 0 Å². The lowest BCUT2D eigenvalue weighted by Gasteiger charge is -2.05. The Bertz CT molecular complexity index is 313. The Labute approximate surface area is 109 Å². The second-order valence-corrected chi connectivity index (χ2v) is 4.66. The Morgan fingerprint density at radius 3 is 2.56 bits per heavy atom.